The first kappa shape index (κ1) is 18.9. The molecule has 6 heteroatoms. The summed E-state index contributed by atoms with van der Waals surface area (Å²) in [6.07, 6.45) is 0.381. The van der Waals surface area contributed by atoms with Gasteiger partial charge >= 0.3 is 0 Å². The van der Waals surface area contributed by atoms with Crippen LogP contribution in [-0.4, -0.2) is 43.2 Å². The van der Waals surface area contributed by atoms with E-state index in [9.17, 15) is 9.59 Å². The van der Waals surface area contributed by atoms with E-state index < -0.39 is 0 Å². The molecule has 0 radical (unpaired) electrons. The number of anilines is 1. The maximum absolute atomic E-state index is 12.1. The number of thioether (sulfide) groups is 1. The van der Waals surface area contributed by atoms with E-state index >= 15 is 0 Å². The van der Waals surface area contributed by atoms with Crippen LogP contribution in [0, 0.1) is 0 Å². The van der Waals surface area contributed by atoms with Crippen molar-refractivity contribution >= 4 is 29.3 Å². The number of carbonyl (C=O) groups excluding carboxylic acids is 2. The van der Waals surface area contributed by atoms with Crippen LogP contribution in [0.25, 0.3) is 0 Å². The molecule has 5 nitrogen and oxygen atoms in total. The van der Waals surface area contributed by atoms with Crippen molar-refractivity contribution in [3.63, 3.8) is 0 Å². The van der Waals surface area contributed by atoms with Crippen molar-refractivity contribution in [1.29, 1.82) is 0 Å². The van der Waals surface area contributed by atoms with Crippen molar-refractivity contribution in [2.45, 2.75) is 11.3 Å². The third-order valence-corrected chi connectivity index (χ3v) is 4.52. The standard InChI is InChI=1S/C19H22N2O3S/c1-21(14-18(22)20-15-6-4-3-5-7-15)19(23)12-13-25-17-10-8-16(24-2)9-11-17/h3-11H,12-14H2,1-2H3,(H,20,22). The number of methoxy groups -OCH3 is 1. The van der Waals surface area contributed by atoms with Crippen LogP contribution in [0.15, 0.2) is 59.5 Å². The largest absolute Gasteiger partial charge is 0.497 e. The average molecular weight is 358 g/mol. The highest BCUT2D eigenvalue weighted by Gasteiger charge is 2.13. The predicted molar refractivity (Wildman–Crippen MR) is 101 cm³/mol. The summed E-state index contributed by atoms with van der Waals surface area (Å²) in [5.41, 5.74) is 0.725. The fourth-order valence-corrected chi connectivity index (χ4v) is 2.99. The smallest absolute Gasteiger partial charge is 0.243 e. The molecule has 2 aromatic rings. The van der Waals surface area contributed by atoms with Crippen LogP contribution >= 0.6 is 11.8 Å². The van der Waals surface area contributed by atoms with Crippen LogP contribution in [0.3, 0.4) is 0 Å². The summed E-state index contributed by atoms with van der Waals surface area (Å²) in [6.45, 7) is 0.0426. The second-order valence-corrected chi connectivity index (χ2v) is 6.61. The van der Waals surface area contributed by atoms with E-state index in [1.807, 2.05) is 54.6 Å². The maximum atomic E-state index is 12.1. The van der Waals surface area contributed by atoms with Crippen molar-refractivity contribution in [1.82, 2.24) is 4.90 Å². The topological polar surface area (TPSA) is 58.6 Å². The summed E-state index contributed by atoms with van der Waals surface area (Å²) in [4.78, 5) is 26.6. The summed E-state index contributed by atoms with van der Waals surface area (Å²) < 4.78 is 5.11. The molecule has 0 aromatic heterocycles. The third-order valence-electron chi connectivity index (χ3n) is 3.51. The molecule has 0 bridgehead atoms. The number of benzene rings is 2. The summed E-state index contributed by atoms with van der Waals surface area (Å²) in [5.74, 6) is 1.22. The predicted octanol–water partition coefficient (Wildman–Crippen LogP) is 3.27. The molecule has 0 saturated carbocycles. The van der Waals surface area contributed by atoms with Crippen LogP contribution in [0.1, 0.15) is 6.42 Å². The first-order valence-corrected chi connectivity index (χ1v) is 8.93. The lowest BCUT2D eigenvalue weighted by Crippen LogP contribution is -2.35. The Labute approximate surface area is 152 Å². The van der Waals surface area contributed by atoms with E-state index in [-0.39, 0.29) is 18.4 Å². The van der Waals surface area contributed by atoms with Crippen molar-refractivity contribution in [2.75, 3.05) is 31.8 Å². The first-order chi connectivity index (χ1) is 12.1. The van der Waals surface area contributed by atoms with Gasteiger partial charge in [-0.15, -0.1) is 11.8 Å². The number of nitrogens with one attached hydrogen (secondary N) is 1. The van der Waals surface area contributed by atoms with Crippen LogP contribution in [0.2, 0.25) is 0 Å². The van der Waals surface area contributed by atoms with E-state index in [0.717, 1.165) is 16.3 Å². The number of amides is 2. The Kier molecular flexibility index (Phi) is 7.35. The molecular formula is C19H22N2O3S. The second-order valence-electron chi connectivity index (χ2n) is 5.44. The molecule has 0 spiro atoms. The van der Waals surface area contributed by atoms with Gasteiger partial charge in [-0.3, -0.25) is 9.59 Å². The van der Waals surface area contributed by atoms with Gasteiger partial charge in [-0.25, -0.2) is 0 Å². The van der Waals surface area contributed by atoms with Crippen molar-refractivity contribution in [3.8, 4) is 5.75 Å². The second kappa shape index (κ2) is 9.74. The molecule has 0 saturated heterocycles. The molecule has 2 rings (SSSR count). The van der Waals surface area contributed by atoms with Gasteiger partial charge < -0.3 is 15.0 Å². The fraction of sp³-hybridized carbons (Fsp3) is 0.263. The molecule has 25 heavy (non-hydrogen) atoms. The molecule has 0 fully saturated rings. The van der Waals surface area contributed by atoms with Gasteiger partial charge in [0.05, 0.1) is 13.7 Å². The minimum Gasteiger partial charge on any atom is -0.497 e. The Morgan fingerprint density at radius 2 is 1.76 bits per heavy atom. The van der Waals surface area contributed by atoms with Crippen LogP contribution in [0.5, 0.6) is 5.75 Å². The number of para-hydroxylation sites is 1. The lowest BCUT2D eigenvalue weighted by molar-refractivity contribution is -0.132. The van der Waals surface area contributed by atoms with E-state index in [1.165, 1.54) is 4.90 Å². The van der Waals surface area contributed by atoms with Crippen LogP contribution < -0.4 is 10.1 Å². The Balaban J connectivity index is 1.71. The minimum absolute atomic E-state index is 0.0426. The van der Waals surface area contributed by atoms with E-state index in [2.05, 4.69) is 5.32 Å². The fourth-order valence-electron chi connectivity index (χ4n) is 2.14. The minimum atomic E-state index is -0.204. The molecule has 0 heterocycles. The molecule has 2 amide bonds. The quantitative estimate of drug-likeness (QED) is 0.736. The maximum Gasteiger partial charge on any atom is 0.243 e. The summed E-state index contributed by atoms with van der Waals surface area (Å²) >= 11 is 1.60. The Morgan fingerprint density at radius 3 is 2.40 bits per heavy atom. The van der Waals surface area contributed by atoms with Crippen molar-refractivity contribution < 1.29 is 14.3 Å². The summed E-state index contributed by atoms with van der Waals surface area (Å²) in [7, 11) is 3.27. The molecule has 0 aliphatic carbocycles. The lowest BCUT2D eigenvalue weighted by atomic mass is 10.3. The van der Waals surface area contributed by atoms with Gasteiger partial charge in [-0.05, 0) is 36.4 Å². The van der Waals surface area contributed by atoms with Crippen molar-refractivity contribution in [3.05, 3.63) is 54.6 Å². The first-order valence-electron chi connectivity index (χ1n) is 7.94. The SMILES string of the molecule is COc1ccc(SCCC(=O)N(C)CC(=O)Nc2ccccc2)cc1. The van der Waals surface area contributed by atoms with E-state index in [0.29, 0.717) is 12.2 Å². The van der Waals surface area contributed by atoms with Gasteiger partial charge in [0, 0.05) is 29.8 Å². The zero-order chi connectivity index (χ0) is 18.1. The molecule has 1 N–H and O–H groups in total. The van der Waals surface area contributed by atoms with Gasteiger partial charge in [-0.1, -0.05) is 18.2 Å². The summed E-state index contributed by atoms with van der Waals surface area (Å²) in [6, 6.07) is 16.9. The highest BCUT2D eigenvalue weighted by molar-refractivity contribution is 7.99. The van der Waals surface area contributed by atoms with E-state index in [4.69, 9.17) is 4.74 Å². The number of likely N-dealkylation sites (N-methyl/N-ethyl adjacent to an activating group) is 1. The molecule has 2 aromatic carbocycles. The zero-order valence-electron chi connectivity index (χ0n) is 14.4. The molecule has 0 aliphatic heterocycles. The van der Waals surface area contributed by atoms with Gasteiger partial charge in [0.15, 0.2) is 0 Å². The zero-order valence-corrected chi connectivity index (χ0v) is 15.2. The molecule has 0 aliphatic rings. The van der Waals surface area contributed by atoms with Crippen LogP contribution in [0.4, 0.5) is 5.69 Å². The Hall–Kier alpha value is -2.47. The highest BCUT2D eigenvalue weighted by atomic mass is 32.2. The highest BCUT2D eigenvalue weighted by Crippen LogP contribution is 2.22. The van der Waals surface area contributed by atoms with Gasteiger partial charge in [-0.2, -0.15) is 0 Å². The Bertz CT molecular complexity index is 690. The monoisotopic (exact) mass is 358 g/mol. The third kappa shape index (κ3) is 6.51. The average Bonchev–Trinajstić information content (AvgIpc) is 2.63. The molecular weight excluding hydrogens is 336 g/mol. The number of hydrogen-bond donors (Lipinski definition) is 1. The number of nitrogens with zero attached hydrogens (tertiary/aromatic N) is 1. The molecule has 0 unspecified atom stereocenters. The molecule has 0 atom stereocenters. The number of hydrogen-bond acceptors (Lipinski definition) is 4. The van der Waals surface area contributed by atoms with Crippen molar-refractivity contribution in [2.24, 2.45) is 0 Å². The van der Waals surface area contributed by atoms with Gasteiger partial charge in [0.25, 0.3) is 0 Å². The van der Waals surface area contributed by atoms with Gasteiger partial charge in [0.2, 0.25) is 11.8 Å². The number of ether oxygens (including phenoxy) is 1. The Morgan fingerprint density at radius 1 is 1.08 bits per heavy atom. The lowest BCUT2D eigenvalue weighted by Gasteiger charge is -2.16. The molecule has 132 valence electrons. The normalized spacial score (nSPS) is 10.2. The summed E-state index contributed by atoms with van der Waals surface area (Å²) in [5, 5.41) is 2.77. The number of carbonyl (C=O) groups is 2. The van der Waals surface area contributed by atoms with Crippen LogP contribution in [-0.2, 0) is 9.59 Å². The van der Waals surface area contributed by atoms with E-state index in [1.54, 1.807) is 25.9 Å². The number of rotatable bonds is 8. The van der Waals surface area contributed by atoms with Gasteiger partial charge in [0.1, 0.15) is 5.75 Å².